The molecule has 0 aliphatic rings. The van der Waals surface area contributed by atoms with Gasteiger partial charge < -0.3 is 4.90 Å². The van der Waals surface area contributed by atoms with E-state index in [9.17, 15) is 13.2 Å². The van der Waals surface area contributed by atoms with Crippen molar-refractivity contribution < 1.29 is 18.1 Å². The maximum Gasteiger partial charge on any atom is 0.265 e. The number of rotatable bonds is 8. The summed E-state index contributed by atoms with van der Waals surface area (Å²) in [6.45, 7) is 7.16. The minimum atomic E-state index is -3.55. The largest absolute Gasteiger partial charge is 0.334 e. The van der Waals surface area contributed by atoms with E-state index in [1.54, 1.807) is 0 Å². The van der Waals surface area contributed by atoms with E-state index in [4.69, 9.17) is 5.84 Å². The molecule has 0 spiro atoms. The molecule has 0 aliphatic carbocycles. The fourth-order valence-corrected chi connectivity index (χ4v) is 2.95. The molecule has 1 aromatic rings. The van der Waals surface area contributed by atoms with Gasteiger partial charge in [0.2, 0.25) is 10.0 Å². The van der Waals surface area contributed by atoms with Gasteiger partial charge in [-0.25, -0.2) is 19.0 Å². The fraction of sp³-hybridized carbons (Fsp3) is 0.462. The van der Waals surface area contributed by atoms with Gasteiger partial charge in [0.1, 0.15) is 0 Å². The molecule has 1 rings (SSSR count). The van der Waals surface area contributed by atoms with Gasteiger partial charge >= 0.3 is 0 Å². The molecule has 0 heterocycles. The molecule has 5 N–H and O–H groups in total. The third kappa shape index (κ3) is 5.09. The number of amides is 1. The fourth-order valence-electron chi connectivity index (χ4n) is 1.92. The van der Waals surface area contributed by atoms with Crippen molar-refractivity contribution in [2.45, 2.75) is 18.7 Å². The number of carbonyl (C=O) groups excluding carboxylic acids is 1. The number of hydrazine groups is 1. The zero-order valence-electron chi connectivity index (χ0n) is 12.3. The molecule has 8 heteroatoms. The minimum Gasteiger partial charge on any atom is -0.334 e. The van der Waals surface area contributed by atoms with E-state index in [1.165, 1.54) is 29.2 Å². The first-order chi connectivity index (χ1) is 9.94. The monoisotopic (exact) mass is 315 g/mol. The molecular formula is C13H23N4O3S+. The molecule has 21 heavy (non-hydrogen) atoms. The van der Waals surface area contributed by atoms with E-state index in [0.29, 0.717) is 12.1 Å². The van der Waals surface area contributed by atoms with Gasteiger partial charge in [0.05, 0.1) is 31.1 Å². The second-order valence-corrected chi connectivity index (χ2v) is 6.37. The third-order valence-electron chi connectivity index (χ3n) is 3.33. The van der Waals surface area contributed by atoms with Crippen molar-refractivity contribution in [3.8, 4) is 0 Å². The zero-order chi connectivity index (χ0) is 15.9. The lowest BCUT2D eigenvalue weighted by Gasteiger charge is -2.15. The highest BCUT2D eigenvalue weighted by atomic mass is 32.2. The summed E-state index contributed by atoms with van der Waals surface area (Å²) in [5.74, 6) is 4.55. The Morgan fingerprint density at radius 2 is 1.76 bits per heavy atom. The van der Waals surface area contributed by atoms with Gasteiger partial charge in [-0.15, -0.1) is 0 Å². The van der Waals surface area contributed by atoms with Crippen LogP contribution in [-0.2, 0) is 10.0 Å². The molecule has 1 amide bonds. The van der Waals surface area contributed by atoms with Crippen LogP contribution in [0, 0.1) is 0 Å². The Labute approximate surface area is 125 Å². The highest BCUT2D eigenvalue weighted by molar-refractivity contribution is 7.89. The number of nitrogens with two attached hydrogens (primary N) is 1. The third-order valence-corrected chi connectivity index (χ3v) is 4.81. The summed E-state index contributed by atoms with van der Waals surface area (Å²) >= 11 is 0. The van der Waals surface area contributed by atoms with Crippen LogP contribution < -0.4 is 20.9 Å². The van der Waals surface area contributed by atoms with Crippen molar-refractivity contribution in [2.75, 3.05) is 26.2 Å². The second-order valence-electron chi connectivity index (χ2n) is 4.60. The van der Waals surface area contributed by atoms with Gasteiger partial charge in [-0.2, -0.15) is 0 Å². The van der Waals surface area contributed by atoms with Gasteiger partial charge in [-0.05, 0) is 38.1 Å². The predicted molar refractivity (Wildman–Crippen MR) is 80.2 cm³/mol. The van der Waals surface area contributed by atoms with Crippen molar-refractivity contribution in [3.63, 3.8) is 0 Å². The van der Waals surface area contributed by atoms with Crippen molar-refractivity contribution >= 4 is 15.9 Å². The summed E-state index contributed by atoms with van der Waals surface area (Å²) < 4.78 is 26.8. The summed E-state index contributed by atoms with van der Waals surface area (Å²) in [7, 11) is -3.55. The van der Waals surface area contributed by atoms with Gasteiger partial charge in [-0.1, -0.05) is 0 Å². The molecule has 0 radical (unpaired) electrons. The molecule has 0 saturated carbocycles. The van der Waals surface area contributed by atoms with Crippen molar-refractivity contribution in [1.29, 1.82) is 0 Å². The van der Waals surface area contributed by atoms with Crippen LogP contribution >= 0.6 is 0 Å². The number of likely N-dealkylation sites (N-methyl/N-ethyl adjacent to an activating group) is 1. The second kappa shape index (κ2) is 8.08. The lowest BCUT2D eigenvalue weighted by atomic mass is 10.2. The van der Waals surface area contributed by atoms with Crippen molar-refractivity contribution in [1.82, 2.24) is 10.1 Å². The number of nitrogens with one attached hydrogen (secondary N) is 3. The molecule has 0 aliphatic heterocycles. The molecule has 0 unspecified atom stereocenters. The Bertz CT molecular complexity index is 553. The molecular weight excluding hydrogens is 292 g/mol. The van der Waals surface area contributed by atoms with Crippen LogP contribution in [0.15, 0.2) is 29.2 Å². The molecule has 118 valence electrons. The molecule has 0 fully saturated rings. The van der Waals surface area contributed by atoms with E-state index in [-0.39, 0.29) is 4.90 Å². The predicted octanol–water partition coefficient (Wildman–Crippen LogP) is -1.51. The molecule has 1 aromatic carbocycles. The first-order valence-corrected chi connectivity index (χ1v) is 8.37. The highest BCUT2D eigenvalue weighted by Crippen LogP contribution is 2.10. The van der Waals surface area contributed by atoms with Gasteiger partial charge in [0, 0.05) is 5.56 Å². The molecule has 7 nitrogen and oxygen atoms in total. The Balaban J connectivity index is 2.68. The molecule has 0 aromatic heterocycles. The number of benzene rings is 1. The van der Waals surface area contributed by atoms with Crippen LogP contribution in [0.2, 0.25) is 0 Å². The molecule has 0 atom stereocenters. The van der Waals surface area contributed by atoms with Gasteiger partial charge in [0.15, 0.2) is 0 Å². The number of nitrogen functional groups attached to an aromatic ring is 1. The van der Waals surface area contributed by atoms with E-state index >= 15 is 0 Å². The van der Waals surface area contributed by atoms with Gasteiger partial charge in [0.25, 0.3) is 5.91 Å². The van der Waals surface area contributed by atoms with E-state index in [2.05, 4.69) is 18.6 Å². The van der Waals surface area contributed by atoms with Crippen LogP contribution in [0.3, 0.4) is 0 Å². The highest BCUT2D eigenvalue weighted by Gasteiger charge is 2.15. The smallest absolute Gasteiger partial charge is 0.265 e. The Kier molecular flexibility index (Phi) is 6.76. The van der Waals surface area contributed by atoms with E-state index in [0.717, 1.165) is 19.6 Å². The van der Waals surface area contributed by atoms with Crippen LogP contribution in [0.5, 0.6) is 0 Å². The lowest BCUT2D eigenvalue weighted by Crippen LogP contribution is -3.12. The number of carbonyl (C=O) groups is 1. The van der Waals surface area contributed by atoms with Crippen LogP contribution in [0.25, 0.3) is 0 Å². The molecule has 0 saturated heterocycles. The number of hydrogen-bond acceptors (Lipinski definition) is 4. The topological polar surface area (TPSA) is 106 Å². The summed E-state index contributed by atoms with van der Waals surface area (Å²) in [5, 5.41) is 0. The summed E-state index contributed by atoms with van der Waals surface area (Å²) in [5.41, 5.74) is 2.30. The van der Waals surface area contributed by atoms with Crippen LogP contribution in [-0.4, -0.2) is 40.5 Å². The maximum atomic E-state index is 12.1. The summed E-state index contributed by atoms with van der Waals surface area (Å²) in [6.07, 6.45) is 0. The zero-order valence-corrected chi connectivity index (χ0v) is 13.2. The van der Waals surface area contributed by atoms with Gasteiger partial charge in [-0.3, -0.25) is 10.2 Å². The Morgan fingerprint density at radius 3 is 2.24 bits per heavy atom. The standard InChI is InChI=1S/C13H22N4O3S/c1-3-17(4-2)10-9-15-21(19,20)12-7-5-11(6-8-12)13(18)16-14/h5-8,15H,3-4,9-10,14H2,1-2H3,(H,16,18)/p+1. The number of sulfonamides is 1. The van der Waals surface area contributed by atoms with E-state index in [1.807, 2.05) is 5.43 Å². The first kappa shape index (κ1) is 17.6. The van der Waals surface area contributed by atoms with Crippen LogP contribution in [0.4, 0.5) is 0 Å². The summed E-state index contributed by atoms with van der Waals surface area (Å²) in [6, 6.07) is 5.62. The van der Waals surface area contributed by atoms with E-state index < -0.39 is 15.9 Å². The Morgan fingerprint density at radius 1 is 1.19 bits per heavy atom. The minimum absolute atomic E-state index is 0.130. The summed E-state index contributed by atoms with van der Waals surface area (Å²) in [4.78, 5) is 12.7. The SMILES string of the molecule is CC[NH+](CC)CCNS(=O)(=O)c1ccc(C(=O)NN)cc1. The lowest BCUT2D eigenvalue weighted by molar-refractivity contribution is -0.895. The Hall–Kier alpha value is -1.48. The average Bonchev–Trinajstić information content (AvgIpc) is 2.51. The average molecular weight is 315 g/mol. The maximum absolute atomic E-state index is 12.1. The van der Waals surface area contributed by atoms with Crippen molar-refractivity contribution in [3.05, 3.63) is 29.8 Å². The quantitative estimate of drug-likeness (QED) is 0.266. The molecule has 0 bridgehead atoms. The first-order valence-electron chi connectivity index (χ1n) is 6.88. The van der Waals surface area contributed by atoms with Crippen LogP contribution in [0.1, 0.15) is 24.2 Å². The van der Waals surface area contributed by atoms with Crippen molar-refractivity contribution in [2.24, 2.45) is 5.84 Å². The normalized spacial score (nSPS) is 11.6. The number of hydrogen-bond donors (Lipinski definition) is 4. The number of quaternary nitrogens is 1.